The standard InChI is InChI=1S/C20H22FN3O3/c1-3-5-15-12-24(17(6-4-2)19(25)22-15)20(26)16-11-18(27-23-16)13-7-9-14(21)10-8-13/h4,7-11,15,17H,2-3,5-6,12H2,1H3,(H,22,25)/t15-,17-/m0/s1. The maximum Gasteiger partial charge on any atom is 0.276 e. The summed E-state index contributed by atoms with van der Waals surface area (Å²) in [5.74, 6) is -0.543. The van der Waals surface area contributed by atoms with Gasteiger partial charge in [0, 0.05) is 24.2 Å². The number of halogens is 1. The molecule has 0 spiro atoms. The lowest BCUT2D eigenvalue weighted by molar-refractivity contribution is -0.129. The average molecular weight is 371 g/mol. The van der Waals surface area contributed by atoms with Gasteiger partial charge in [0.05, 0.1) is 0 Å². The fourth-order valence-electron chi connectivity index (χ4n) is 3.25. The van der Waals surface area contributed by atoms with Crippen molar-refractivity contribution in [3.05, 3.63) is 54.5 Å². The summed E-state index contributed by atoms with van der Waals surface area (Å²) < 4.78 is 18.3. The lowest BCUT2D eigenvalue weighted by atomic mass is 10.0. The molecule has 2 atom stereocenters. The molecular weight excluding hydrogens is 349 g/mol. The lowest BCUT2D eigenvalue weighted by Crippen LogP contribution is -2.61. The molecule has 0 unspecified atom stereocenters. The third kappa shape index (κ3) is 4.07. The second kappa shape index (κ2) is 8.16. The van der Waals surface area contributed by atoms with Crippen molar-refractivity contribution in [3.63, 3.8) is 0 Å². The highest BCUT2D eigenvalue weighted by Gasteiger charge is 2.37. The zero-order valence-electron chi connectivity index (χ0n) is 15.2. The Hall–Kier alpha value is -2.96. The highest BCUT2D eigenvalue weighted by atomic mass is 19.1. The minimum Gasteiger partial charge on any atom is -0.355 e. The predicted molar refractivity (Wildman–Crippen MR) is 98.4 cm³/mol. The van der Waals surface area contributed by atoms with Crippen molar-refractivity contribution >= 4 is 11.8 Å². The summed E-state index contributed by atoms with van der Waals surface area (Å²) in [6.07, 6.45) is 3.67. The topological polar surface area (TPSA) is 75.4 Å². The number of benzene rings is 1. The van der Waals surface area contributed by atoms with Crippen LogP contribution in [0.4, 0.5) is 4.39 Å². The second-order valence-corrected chi connectivity index (χ2v) is 6.58. The summed E-state index contributed by atoms with van der Waals surface area (Å²) in [4.78, 5) is 27.0. The number of carbonyl (C=O) groups excluding carboxylic acids is 2. The molecule has 1 aromatic carbocycles. The Morgan fingerprint density at radius 1 is 1.44 bits per heavy atom. The number of carbonyl (C=O) groups is 2. The van der Waals surface area contributed by atoms with E-state index in [4.69, 9.17) is 4.52 Å². The van der Waals surface area contributed by atoms with Crippen LogP contribution in [0.2, 0.25) is 0 Å². The molecule has 142 valence electrons. The molecule has 1 saturated heterocycles. The maximum absolute atomic E-state index is 13.1. The minimum absolute atomic E-state index is 0.0871. The summed E-state index contributed by atoms with van der Waals surface area (Å²) in [5, 5.41) is 6.83. The quantitative estimate of drug-likeness (QED) is 0.792. The Morgan fingerprint density at radius 3 is 2.85 bits per heavy atom. The first kappa shape index (κ1) is 18.8. The van der Waals surface area contributed by atoms with Gasteiger partial charge in [-0.3, -0.25) is 9.59 Å². The number of nitrogens with one attached hydrogen (secondary N) is 1. The van der Waals surface area contributed by atoms with Gasteiger partial charge in [-0.2, -0.15) is 0 Å². The largest absolute Gasteiger partial charge is 0.355 e. The fraction of sp³-hybridized carbons (Fsp3) is 0.350. The molecule has 6 nitrogen and oxygen atoms in total. The van der Waals surface area contributed by atoms with Crippen LogP contribution in [0.3, 0.4) is 0 Å². The van der Waals surface area contributed by atoms with Gasteiger partial charge in [0.2, 0.25) is 5.91 Å². The first-order valence-corrected chi connectivity index (χ1v) is 8.98. The van der Waals surface area contributed by atoms with E-state index in [9.17, 15) is 14.0 Å². The molecule has 7 heteroatoms. The third-order valence-corrected chi connectivity index (χ3v) is 4.59. The van der Waals surface area contributed by atoms with Crippen LogP contribution in [-0.2, 0) is 4.79 Å². The normalized spacial score (nSPS) is 19.6. The smallest absolute Gasteiger partial charge is 0.276 e. The Balaban J connectivity index is 1.84. The number of hydrogen-bond donors (Lipinski definition) is 1. The van der Waals surface area contributed by atoms with Crippen LogP contribution in [0.1, 0.15) is 36.7 Å². The van der Waals surface area contributed by atoms with Crippen molar-refractivity contribution < 1.29 is 18.5 Å². The molecule has 27 heavy (non-hydrogen) atoms. The number of nitrogens with zero attached hydrogens (tertiary/aromatic N) is 2. The monoisotopic (exact) mass is 371 g/mol. The zero-order chi connectivity index (χ0) is 19.4. The molecule has 3 rings (SSSR count). The maximum atomic E-state index is 13.1. The van der Waals surface area contributed by atoms with E-state index < -0.39 is 6.04 Å². The van der Waals surface area contributed by atoms with Crippen LogP contribution >= 0.6 is 0 Å². The Labute approximate surface area is 157 Å². The van der Waals surface area contributed by atoms with E-state index in [1.807, 2.05) is 6.92 Å². The summed E-state index contributed by atoms with van der Waals surface area (Å²) in [5.41, 5.74) is 0.735. The molecule has 0 radical (unpaired) electrons. The van der Waals surface area contributed by atoms with Crippen LogP contribution < -0.4 is 5.32 Å². The van der Waals surface area contributed by atoms with Crippen LogP contribution in [0.5, 0.6) is 0 Å². The van der Waals surface area contributed by atoms with Gasteiger partial charge in [-0.1, -0.05) is 24.6 Å². The van der Waals surface area contributed by atoms with E-state index >= 15 is 0 Å². The highest BCUT2D eigenvalue weighted by Crippen LogP contribution is 2.23. The van der Waals surface area contributed by atoms with E-state index in [0.29, 0.717) is 24.3 Å². The van der Waals surface area contributed by atoms with Crippen molar-refractivity contribution in [2.75, 3.05) is 6.54 Å². The molecule has 1 fully saturated rings. The van der Waals surface area contributed by atoms with E-state index in [1.54, 1.807) is 18.2 Å². The van der Waals surface area contributed by atoms with Gasteiger partial charge in [0.1, 0.15) is 11.9 Å². The molecule has 1 aromatic heterocycles. The first-order chi connectivity index (χ1) is 13.0. The second-order valence-electron chi connectivity index (χ2n) is 6.58. The van der Waals surface area contributed by atoms with Crippen molar-refractivity contribution in [1.29, 1.82) is 0 Å². The van der Waals surface area contributed by atoms with E-state index in [1.165, 1.54) is 23.1 Å². The van der Waals surface area contributed by atoms with Crippen molar-refractivity contribution in [2.45, 2.75) is 38.3 Å². The van der Waals surface area contributed by atoms with Gasteiger partial charge in [-0.25, -0.2) is 4.39 Å². The van der Waals surface area contributed by atoms with Crippen LogP contribution in [0, 0.1) is 5.82 Å². The molecule has 2 amide bonds. The van der Waals surface area contributed by atoms with Crippen LogP contribution in [0.15, 0.2) is 47.5 Å². The Morgan fingerprint density at radius 2 is 2.19 bits per heavy atom. The summed E-state index contributed by atoms with van der Waals surface area (Å²) in [6.45, 7) is 6.12. The Bertz CT molecular complexity index is 831. The molecule has 2 heterocycles. The summed E-state index contributed by atoms with van der Waals surface area (Å²) >= 11 is 0. The van der Waals surface area contributed by atoms with Gasteiger partial charge in [0.15, 0.2) is 11.5 Å². The van der Waals surface area contributed by atoms with Crippen molar-refractivity contribution in [1.82, 2.24) is 15.4 Å². The molecule has 2 aromatic rings. The van der Waals surface area contributed by atoms with Gasteiger partial charge in [-0.15, -0.1) is 6.58 Å². The minimum atomic E-state index is -0.617. The van der Waals surface area contributed by atoms with Gasteiger partial charge in [-0.05, 0) is 37.1 Å². The highest BCUT2D eigenvalue weighted by molar-refractivity contribution is 5.97. The Kier molecular flexibility index (Phi) is 5.69. The summed E-state index contributed by atoms with van der Waals surface area (Å²) in [7, 11) is 0. The van der Waals surface area contributed by atoms with Gasteiger partial charge >= 0.3 is 0 Å². The fourth-order valence-corrected chi connectivity index (χ4v) is 3.25. The van der Waals surface area contributed by atoms with Crippen molar-refractivity contribution in [3.8, 4) is 11.3 Å². The van der Waals surface area contributed by atoms with Gasteiger partial charge in [0.25, 0.3) is 5.91 Å². The van der Waals surface area contributed by atoms with Gasteiger partial charge < -0.3 is 14.7 Å². The number of aromatic nitrogens is 1. The number of amides is 2. The average Bonchev–Trinajstić information content (AvgIpc) is 3.14. The SMILES string of the molecule is C=CC[C@H]1C(=O)N[C@@H](CCC)CN1C(=O)c1cc(-c2ccc(F)cc2)on1. The van der Waals surface area contributed by atoms with E-state index in [0.717, 1.165) is 12.8 Å². The van der Waals surface area contributed by atoms with Crippen molar-refractivity contribution in [2.24, 2.45) is 0 Å². The molecular formula is C20H22FN3O3. The van der Waals surface area contributed by atoms with Crippen LogP contribution in [0.25, 0.3) is 11.3 Å². The molecule has 0 aliphatic carbocycles. The molecule has 1 N–H and O–H groups in total. The number of piperazine rings is 1. The number of rotatable bonds is 6. The summed E-state index contributed by atoms with van der Waals surface area (Å²) in [6, 6.07) is 6.53. The van der Waals surface area contributed by atoms with E-state index in [2.05, 4.69) is 17.1 Å². The third-order valence-electron chi connectivity index (χ3n) is 4.59. The molecule has 0 saturated carbocycles. The molecule has 1 aliphatic heterocycles. The zero-order valence-corrected chi connectivity index (χ0v) is 15.2. The van der Waals surface area contributed by atoms with Crippen LogP contribution in [-0.4, -0.2) is 40.5 Å². The molecule has 0 bridgehead atoms. The first-order valence-electron chi connectivity index (χ1n) is 8.98. The number of hydrogen-bond acceptors (Lipinski definition) is 4. The molecule has 1 aliphatic rings. The lowest BCUT2D eigenvalue weighted by Gasteiger charge is -2.38. The predicted octanol–water partition coefficient (Wildman–Crippen LogP) is 3.17. The van der Waals surface area contributed by atoms with E-state index in [-0.39, 0.29) is 29.4 Å².